The van der Waals surface area contributed by atoms with Crippen LogP contribution in [0.1, 0.15) is 44.1 Å². The van der Waals surface area contributed by atoms with E-state index in [1.165, 1.54) is 6.42 Å². The van der Waals surface area contributed by atoms with Gasteiger partial charge in [0.05, 0.1) is 12.6 Å². The van der Waals surface area contributed by atoms with Crippen molar-refractivity contribution in [3.8, 4) is 11.8 Å². The van der Waals surface area contributed by atoms with Crippen molar-refractivity contribution in [3.05, 3.63) is 95.0 Å². The number of ether oxygens (including phenoxy) is 1. The zero-order valence-electron chi connectivity index (χ0n) is 16.3. The lowest BCUT2D eigenvalue weighted by molar-refractivity contribution is -0.0285. The average Bonchev–Trinajstić information content (AvgIpc) is 3.29. The molecule has 1 saturated carbocycles. The van der Waals surface area contributed by atoms with E-state index in [-0.39, 0.29) is 11.3 Å². The molecule has 2 heterocycles. The summed E-state index contributed by atoms with van der Waals surface area (Å²) >= 11 is 0. The normalized spacial score (nSPS) is 19.9. The quantitative estimate of drug-likeness (QED) is 0.469. The van der Waals surface area contributed by atoms with Gasteiger partial charge < -0.3 is 9.30 Å². The Morgan fingerprint density at radius 3 is 2.48 bits per heavy atom. The van der Waals surface area contributed by atoms with Gasteiger partial charge in [-0.15, -0.1) is 0 Å². The average molecular weight is 381 g/mol. The minimum Gasteiger partial charge on any atom is -0.487 e. The van der Waals surface area contributed by atoms with Gasteiger partial charge in [-0.2, -0.15) is 0 Å². The number of nitrogens with zero attached hydrogens (tertiary/aromatic N) is 3. The molecule has 0 saturated heterocycles. The van der Waals surface area contributed by atoms with Crippen molar-refractivity contribution in [3.63, 3.8) is 0 Å². The molecule has 4 heteroatoms. The predicted molar refractivity (Wildman–Crippen MR) is 114 cm³/mol. The molecular weight excluding hydrogens is 358 g/mol. The molecule has 2 aliphatic rings. The summed E-state index contributed by atoms with van der Waals surface area (Å²) in [7, 11) is 0. The molecule has 0 amide bonds. The Balaban J connectivity index is 1.59. The molecule has 0 atom stereocenters. The Labute approximate surface area is 171 Å². The molecule has 4 nitrogen and oxygen atoms in total. The van der Waals surface area contributed by atoms with Gasteiger partial charge in [0.2, 0.25) is 0 Å². The molecule has 1 aromatic heterocycles. The summed E-state index contributed by atoms with van der Waals surface area (Å²) in [4.78, 5) is 3.44. The van der Waals surface area contributed by atoms with Crippen LogP contribution in [0.3, 0.4) is 0 Å². The third kappa shape index (κ3) is 4.18. The Hall–Kier alpha value is -3.50. The summed E-state index contributed by atoms with van der Waals surface area (Å²) < 4.78 is 8.48. The molecule has 1 fully saturated rings. The lowest BCUT2D eigenvalue weighted by atomic mass is 9.78. The standard InChI is InChI=1S/C25H23N3O/c1-27-24(19-26)21-17-23(29-25(18-21)13-3-2-4-14-25)12-9-20-7-10-22(11-8-20)28-15-5-6-16-28/h5-12,15-17H,2-4,13-14,18H2/b12-9+,24-21+. The van der Waals surface area contributed by atoms with Gasteiger partial charge >= 0.3 is 0 Å². The molecular formula is C25H23N3O. The number of hydrogen-bond donors (Lipinski definition) is 0. The minimum atomic E-state index is -0.271. The van der Waals surface area contributed by atoms with Crippen molar-refractivity contribution in [2.75, 3.05) is 0 Å². The molecule has 1 aliphatic heterocycles. The van der Waals surface area contributed by atoms with E-state index in [2.05, 4.69) is 39.7 Å². The van der Waals surface area contributed by atoms with Gasteiger partial charge in [-0.05, 0) is 73.2 Å². The van der Waals surface area contributed by atoms with Gasteiger partial charge in [0, 0.05) is 24.5 Å². The van der Waals surface area contributed by atoms with Crippen LogP contribution in [0.4, 0.5) is 0 Å². The van der Waals surface area contributed by atoms with Crippen LogP contribution in [0.25, 0.3) is 16.6 Å². The lowest BCUT2D eigenvalue weighted by Crippen LogP contribution is -2.37. The molecule has 1 aromatic carbocycles. The molecule has 1 aliphatic carbocycles. The molecule has 0 radical (unpaired) electrons. The van der Waals surface area contributed by atoms with E-state index >= 15 is 0 Å². The van der Waals surface area contributed by atoms with Crippen LogP contribution < -0.4 is 0 Å². The van der Waals surface area contributed by atoms with Crippen molar-refractivity contribution in [1.29, 1.82) is 5.26 Å². The van der Waals surface area contributed by atoms with Gasteiger partial charge in [0.1, 0.15) is 11.4 Å². The highest BCUT2D eigenvalue weighted by Crippen LogP contribution is 2.42. The van der Waals surface area contributed by atoms with Crippen LogP contribution in [0.2, 0.25) is 0 Å². The van der Waals surface area contributed by atoms with Crippen LogP contribution in [0.15, 0.2) is 78.0 Å². The van der Waals surface area contributed by atoms with Crippen molar-refractivity contribution >= 4 is 6.08 Å². The molecule has 1 spiro atoms. The Bertz CT molecular complexity index is 1020. The zero-order chi connectivity index (χ0) is 20.1. The summed E-state index contributed by atoms with van der Waals surface area (Å²) in [5.74, 6) is 0.735. The molecule has 4 rings (SSSR count). The van der Waals surface area contributed by atoms with Crippen LogP contribution in [-0.2, 0) is 4.74 Å². The van der Waals surface area contributed by atoms with Crippen LogP contribution >= 0.6 is 0 Å². The van der Waals surface area contributed by atoms with E-state index in [1.54, 1.807) is 0 Å². The number of rotatable bonds is 3. The van der Waals surface area contributed by atoms with Gasteiger partial charge in [-0.1, -0.05) is 24.6 Å². The molecule has 2 aromatic rings. The first kappa shape index (κ1) is 18.8. The fourth-order valence-electron chi connectivity index (χ4n) is 4.21. The second-order valence-electron chi connectivity index (χ2n) is 7.68. The molecule has 29 heavy (non-hydrogen) atoms. The highest BCUT2D eigenvalue weighted by atomic mass is 16.5. The fourth-order valence-corrected chi connectivity index (χ4v) is 4.21. The summed E-state index contributed by atoms with van der Waals surface area (Å²) in [6.07, 6.45) is 16.0. The van der Waals surface area contributed by atoms with E-state index < -0.39 is 0 Å². The number of nitriles is 1. The second kappa shape index (κ2) is 8.25. The maximum atomic E-state index is 9.35. The molecule has 0 unspecified atom stereocenters. The fraction of sp³-hybridized carbons (Fsp3) is 0.280. The van der Waals surface area contributed by atoms with Gasteiger partial charge in [-0.25, -0.2) is 10.1 Å². The summed E-state index contributed by atoms with van der Waals surface area (Å²) in [5.41, 5.74) is 2.90. The van der Waals surface area contributed by atoms with Crippen molar-refractivity contribution in [2.45, 2.75) is 44.1 Å². The number of allylic oxidation sites excluding steroid dienone is 3. The largest absolute Gasteiger partial charge is 0.487 e. The maximum absolute atomic E-state index is 9.35. The van der Waals surface area contributed by atoms with Crippen molar-refractivity contribution in [2.24, 2.45) is 0 Å². The lowest BCUT2D eigenvalue weighted by Gasteiger charge is -2.41. The van der Waals surface area contributed by atoms with Crippen molar-refractivity contribution < 1.29 is 4.74 Å². The van der Waals surface area contributed by atoms with E-state index in [1.807, 2.05) is 42.8 Å². The SMILES string of the molecule is [C-]#[N+]/C(C#N)=C1C=C(/C=C/c2ccc(-n3cccc3)cc2)OC2(CCCCC2)C\1. The van der Waals surface area contributed by atoms with E-state index in [0.29, 0.717) is 6.42 Å². The second-order valence-corrected chi connectivity index (χ2v) is 7.68. The summed E-state index contributed by atoms with van der Waals surface area (Å²) in [6, 6.07) is 14.4. The van der Waals surface area contributed by atoms with Gasteiger partial charge in [0.25, 0.3) is 5.70 Å². The van der Waals surface area contributed by atoms with Gasteiger partial charge in [-0.3, -0.25) is 0 Å². The van der Waals surface area contributed by atoms with Crippen LogP contribution in [0.5, 0.6) is 0 Å². The third-order valence-electron chi connectivity index (χ3n) is 5.69. The first-order valence-electron chi connectivity index (χ1n) is 10.0. The summed E-state index contributed by atoms with van der Waals surface area (Å²) in [5, 5.41) is 9.35. The number of hydrogen-bond acceptors (Lipinski definition) is 2. The minimum absolute atomic E-state index is 0.181. The van der Waals surface area contributed by atoms with E-state index in [9.17, 15) is 5.26 Å². The number of benzene rings is 1. The first-order chi connectivity index (χ1) is 14.2. The van der Waals surface area contributed by atoms with E-state index in [0.717, 1.165) is 48.3 Å². The van der Waals surface area contributed by atoms with Crippen molar-refractivity contribution in [1.82, 2.24) is 4.57 Å². The maximum Gasteiger partial charge on any atom is 0.265 e. The monoisotopic (exact) mass is 381 g/mol. The highest BCUT2D eigenvalue weighted by Gasteiger charge is 2.38. The molecule has 0 bridgehead atoms. The smallest absolute Gasteiger partial charge is 0.265 e. The summed E-state index contributed by atoms with van der Waals surface area (Å²) in [6.45, 7) is 7.33. The Kier molecular flexibility index (Phi) is 5.36. The topological polar surface area (TPSA) is 42.3 Å². The van der Waals surface area contributed by atoms with E-state index in [4.69, 9.17) is 11.3 Å². The number of aromatic nitrogens is 1. The van der Waals surface area contributed by atoms with Crippen LogP contribution in [0, 0.1) is 17.9 Å². The first-order valence-corrected chi connectivity index (χ1v) is 10.0. The zero-order valence-corrected chi connectivity index (χ0v) is 16.3. The third-order valence-corrected chi connectivity index (χ3v) is 5.69. The van der Waals surface area contributed by atoms with Gasteiger partial charge in [0.15, 0.2) is 0 Å². The predicted octanol–water partition coefficient (Wildman–Crippen LogP) is 6.19. The molecule has 144 valence electrons. The van der Waals surface area contributed by atoms with Crippen LogP contribution in [-0.4, -0.2) is 10.2 Å². The highest BCUT2D eigenvalue weighted by molar-refractivity contribution is 5.55. The Morgan fingerprint density at radius 1 is 1.10 bits per heavy atom. The Morgan fingerprint density at radius 2 is 1.83 bits per heavy atom. The molecule has 0 N–H and O–H groups in total.